The highest BCUT2D eigenvalue weighted by molar-refractivity contribution is 4.88. The van der Waals surface area contributed by atoms with Gasteiger partial charge in [-0.25, -0.2) is 8.78 Å². The van der Waals surface area contributed by atoms with Crippen LogP contribution in [0.1, 0.15) is 12.8 Å². The van der Waals surface area contributed by atoms with Crippen molar-refractivity contribution in [3.63, 3.8) is 0 Å². The molecule has 0 N–H and O–H groups in total. The van der Waals surface area contributed by atoms with Gasteiger partial charge in [-0.3, -0.25) is 4.90 Å². The Morgan fingerprint density at radius 1 is 1.30 bits per heavy atom. The molecule has 0 aromatic heterocycles. The van der Waals surface area contributed by atoms with Gasteiger partial charge in [0.15, 0.2) is 6.30 Å². The van der Waals surface area contributed by atoms with Crippen LogP contribution >= 0.6 is 0 Å². The van der Waals surface area contributed by atoms with Crippen molar-refractivity contribution < 1.29 is 8.78 Å². The lowest BCUT2D eigenvalue weighted by molar-refractivity contribution is -0.00432. The molecular formula is C7H11F2N. The molecule has 0 aromatic carbocycles. The molecule has 0 saturated carbocycles. The summed E-state index contributed by atoms with van der Waals surface area (Å²) in [6, 6.07) is 0. The van der Waals surface area contributed by atoms with Gasteiger partial charge in [-0.1, -0.05) is 0 Å². The van der Waals surface area contributed by atoms with Gasteiger partial charge in [-0.05, 0) is 18.8 Å². The van der Waals surface area contributed by atoms with Crippen LogP contribution in [0.2, 0.25) is 0 Å². The zero-order chi connectivity index (χ0) is 7.14. The molecule has 2 heterocycles. The zero-order valence-electron chi connectivity index (χ0n) is 5.76. The first-order chi connectivity index (χ1) is 4.77. The van der Waals surface area contributed by atoms with Gasteiger partial charge in [0.05, 0.1) is 0 Å². The summed E-state index contributed by atoms with van der Waals surface area (Å²) in [4.78, 5) is 1.61. The van der Waals surface area contributed by atoms with Crippen molar-refractivity contribution in [2.45, 2.75) is 25.3 Å². The number of halogens is 2. The number of hydrogen-bond acceptors (Lipinski definition) is 1. The van der Waals surface area contributed by atoms with Crippen LogP contribution in [-0.4, -0.2) is 30.5 Å². The average Bonchev–Trinajstić information content (AvgIpc) is 2.29. The van der Waals surface area contributed by atoms with Crippen LogP contribution in [-0.2, 0) is 0 Å². The van der Waals surface area contributed by atoms with Crippen LogP contribution in [0.15, 0.2) is 0 Å². The molecule has 2 bridgehead atoms. The minimum absolute atomic E-state index is 0.432. The van der Waals surface area contributed by atoms with Crippen LogP contribution in [0, 0.1) is 5.92 Å². The summed E-state index contributed by atoms with van der Waals surface area (Å²) in [5, 5.41) is 0. The van der Waals surface area contributed by atoms with Gasteiger partial charge in [0, 0.05) is 13.1 Å². The van der Waals surface area contributed by atoms with Gasteiger partial charge in [0.2, 0.25) is 0 Å². The third kappa shape index (κ3) is 0.839. The maximum absolute atomic E-state index is 12.8. The summed E-state index contributed by atoms with van der Waals surface area (Å²) in [7, 11) is 0. The normalized spacial score (nSPS) is 53.4. The maximum Gasteiger partial charge on any atom is 0.185 e. The molecule has 58 valence electrons. The SMILES string of the molecule is FC1CC2CCN(C2)C1F. The van der Waals surface area contributed by atoms with E-state index in [1.807, 2.05) is 0 Å². The molecule has 4 atom stereocenters. The molecule has 0 radical (unpaired) electrons. The molecule has 2 fully saturated rings. The third-order valence-electron chi connectivity index (χ3n) is 2.52. The lowest BCUT2D eigenvalue weighted by Gasteiger charge is -2.28. The molecule has 1 nitrogen and oxygen atoms in total. The predicted molar refractivity (Wildman–Crippen MR) is 34.1 cm³/mol. The maximum atomic E-state index is 12.8. The van der Waals surface area contributed by atoms with Gasteiger partial charge in [0.1, 0.15) is 6.17 Å². The Morgan fingerprint density at radius 3 is 2.90 bits per heavy atom. The number of rotatable bonds is 0. The highest BCUT2D eigenvalue weighted by atomic mass is 19.2. The van der Waals surface area contributed by atoms with Crippen molar-refractivity contribution in [3.8, 4) is 0 Å². The first-order valence-corrected chi connectivity index (χ1v) is 3.79. The second-order valence-corrected chi connectivity index (χ2v) is 3.27. The standard InChI is InChI=1S/C7H11F2N/c8-6-3-5-1-2-10(4-5)7(6)9/h5-7H,1-4H2. The number of fused-ring (bicyclic) bond motifs is 2. The Bertz CT molecular complexity index is 140. The van der Waals surface area contributed by atoms with Gasteiger partial charge in [-0.15, -0.1) is 0 Å². The molecule has 10 heavy (non-hydrogen) atoms. The van der Waals surface area contributed by atoms with Crippen LogP contribution in [0.3, 0.4) is 0 Å². The fourth-order valence-corrected chi connectivity index (χ4v) is 1.94. The number of hydrogen-bond donors (Lipinski definition) is 0. The number of alkyl halides is 2. The van der Waals surface area contributed by atoms with Crippen LogP contribution in [0.4, 0.5) is 8.78 Å². The molecule has 2 saturated heterocycles. The molecule has 0 amide bonds. The van der Waals surface area contributed by atoms with Crippen molar-refractivity contribution >= 4 is 0 Å². The van der Waals surface area contributed by atoms with E-state index < -0.39 is 12.5 Å². The Labute approximate surface area is 59.0 Å². The monoisotopic (exact) mass is 147 g/mol. The molecular weight excluding hydrogens is 136 g/mol. The van der Waals surface area contributed by atoms with E-state index in [-0.39, 0.29) is 0 Å². The van der Waals surface area contributed by atoms with E-state index in [1.54, 1.807) is 4.90 Å². The van der Waals surface area contributed by atoms with E-state index in [9.17, 15) is 8.78 Å². The Kier molecular flexibility index (Phi) is 1.41. The van der Waals surface area contributed by atoms with Crippen LogP contribution in [0.25, 0.3) is 0 Å². The summed E-state index contributed by atoms with van der Waals surface area (Å²) in [6.45, 7) is 1.54. The topological polar surface area (TPSA) is 3.24 Å². The molecule has 4 unspecified atom stereocenters. The van der Waals surface area contributed by atoms with E-state index in [0.29, 0.717) is 12.3 Å². The van der Waals surface area contributed by atoms with E-state index in [1.165, 1.54) is 0 Å². The first kappa shape index (κ1) is 6.53. The largest absolute Gasteiger partial charge is 0.271 e. The minimum Gasteiger partial charge on any atom is -0.271 e. The molecule has 2 aliphatic heterocycles. The average molecular weight is 147 g/mol. The predicted octanol–water partition coefficient (Wildman–Crippen LogP) is 1.35. The fraction of sp³-hybridized carbons (Fsp3) is 1.00. The summed E-state index contributed by atoms with van der Waals surface area (Å²) in [5.74, 6) is 0.432. The molecule has 0 aliphatic carbocycles. The van der Waals surface area contributed by atoms with Crippen molar-refractivity contribution in [3.05, 3.63) is 0 Å². The van der Waals surface area contributed by atoms with Crippen molar-refractivity contribution in [2.24, 2.45) is 5.92 Å². The molecule has 3 heteroatoms. The minimum atomic E-state index is -1.31. The summed E-state index contributed by atoms with van der Waals surface area (Å²) < 4.78 is 25.5. The van der Waals surface area contributed by atoms with Gasteiger partial charge in [0.25, 0.3) is 0 Å². The van der Waals surface area contributed by atoms with Gasteiger partial charge in [-0.2, -0.15) is 0 Å². The van der Waals surface area contributed by atoms with E-state index in [0.717, 1.165) is 19.5 Å². The summed E-state index contributed by atoms with van der Waals surface area (Å²) in [5.41, 5.74) is 0. The van der Waals surface area contributed by atoms with E-state index in [2.05, 4.69) is 0 Å². The second-order valence-electron chi connectivity index (χ2n) is 3.27. The highest BCUT2D eigenvalue weighted by Gasteiger charge is 2.40. The van der Waals surface area contributed by atoms with Gasteiger partial charge >= 0.3 is 0 Å². The smallest absolute Gasteiger partial charge is 0.185 e. The quantitative estimate of drug-likeness (QED) is 0.467. The molecule has 2 rings (SSSR count). The third-order valence-corrected chi connectivity index (χ3v) is 2.52. The Hall–Kier alpha value is -0.180. The van der Waals surface area contributed by atoms with Crippen LogP contribution in [0.5, 0.6) is 0 Å². The zero-order valence-corrected chi connectivity index (χ0v) is 5.76. The summed E-state index contributed by atoms with van der Waals surface area (Å²) in [6.07, 6.45) is -1.10. The van der Waals surface area contributed by atoms with E-state index in [4.69, 9.17) is 0 Å². The second kappa shape index (κ2) is 2.16. The lowest BCUT2D eigenvalue weighted by atomic mass is 9.99. The lowest BCUT2D eigenvalue weighted by Crippen LogP contribution is -2.41. The number of nitrogens with zero attached hydrogens (tertiary/aromatic N) is 1. The van der Waals surface area contributed by atoms with Crippen molar-refractivity contribution in [1.82, 2.24) is 4.90 Å². The molecule has 0 aromatic rings. The van der Waals surface area contributed by atoms with Crippen molar-refractivity contribution in [2.75, 3.05) is 13.1 Å². The van der Waals surface area contributed by atoms with E-state index >= 15 is 0 Å². The van der Waals surface area contributed by atoms with Crippen LogP contribution < -0.4 is 0 Å². The van der Waals surface area contributed by atoms with Crippen molar-refractivity contribution in [1.29, 1.82) is 0 Å². The molecule has 2 aliphatic rings. The fourth-order valence-electron chi connectivity index (χ4n) is 1.94. The highest BCUT2D eigenvalue weighted by Crippen LogP contribution is 2.33. The Morgan fingerprint density at radius 2 is 2.10 bits per heavy atom. The molecule has 0 spiro atoms. The number of piperidine rings is 1. The van der Waals surface area contributed by atoms with Gasteiger partial charge < -0.3 is 0 Å². The first-order valence-electron chi connectivity index (χ1n) is 3.79. The summed E-state index contributed by atoms with van der Waals surface area (Å²) >= 11 is 0. The Balaban J connectivity index is 2.09.